The molecule has 0 spiro atoms. The number of benzene rings is 1. The third kappa shape index (κ3) is 2.40. The molecular formula is C14H11N3O4. The van der Waals surface area contributed by atoms with Crippen molar-refractivity contribution in [2.24, 2.45) is 0 Å². The van der Waals surface area contributed by atoms with Crippen LogP contribution in [0.5, 0.6) is 0 Å². The third-order valence-corrected chi connectivity index (χ3v) is 3.10. The van der Waals surface area contributed by atoms with E-state index in [1.807, 2.05) is 0 Å². The van der Waals surface area contributed by atoms with Gasteiger partial charge in [0.05, 0.1) is 23.9 Å². The standard InChI is InChI=1S/C14H11N3O4/c18-12(6-5-9-7-15-8-16-9)21-17-13(19)10-3-1-2-4-11(10)14(17)20/h1-4,7-8H,5-6H2,(H,15,16). The summed E-state index contributed by atoms with van der Waals surface area (Å²) in [6.07, 6.45) is 3.53. The molecule has 0 atom stereocenters. The van der Waals surface area contributed by atoms with E-state index in [0.717, 1.165) is 5.69 Å². The zero-order valence-corrected chi connectivity index (χ0v) is 10.9. The Morgan fingerprint density at radius 1 is 1.19 bits per heavy atom. The zero-order chi connectivity index (χ0) is 14.8. The van der Waals surface area contributed by atoms with Crippen molar-refractivity contribution in [2.45, 2.75) is 12.8 Å². The lowest BCUT2D eigenvalue weighted by Crippen LogP contribution is -2.32. The number of fused-ring (bicyclic) bond motifs is 1. The normalized spacial score (nSPS) is 13.4. The predicted molar refractivity (Wildman–Crippen MR) is 69.9 cm³/mol. The maximum absolute atomic E-state index is 12.0. The number of hydrogen-bond acceptors (Lipinski definition) is 5. The minimum absolute atomic E-state index is 0.0373. The molecule has 2 aromatic rings. The Kier molecular flexibility index (Phi) is 3.23. The number of carbonyl (C=O) groups excluding carboxylic acids is 3. The van der Waals surface area contributed by atoms with E-state index in [1.165, 1.54) is 18.5 Å². The van der Waals surface area contributed by atoms with E-state index < -0.39 is 17.8 Å². The van der Waals surface area contributed by atoms with Crippen molar-refractivity contribution in [3.8, 4) is 0 Å². The molecule has 1 aliphatic rings. The van der Waals surface area contributed by atoms with Crippen molar-refractivity contribution in [3.63, 3.8) is 0 Å². The lowest BCUT2D eigenvalue weighted by atomic mass is 10.1. The van der Waals surface area contributed by atoms with E-state index in [9.17, 15) is 14.4 Å². The molecule has 2 amide bonds. The number of imide groups is 1. The summed E-state index contributed by atoms with van der Waals surface area (Å²) in [5.41, 5.74) is 1.25. The molecule has 0 unspecified atom stereocenters. The molecule has 0 saturated heterocycles. The quantitative estimate of drug-likeness (QED) is 0.849. The Morgan fingerprint density at radius 3 is 2.43 bits per heavy atom. The minimum atomic E-state index is -0.654. The maximum atomic E-state index is 12.0. The monoisotopic (exact) mass is 285 g/mol. The first-order chi connectivity index (χ1) is 10.2. The number of amides is 2. The second-order valence-corrected chi connectivity index (χ2v) is 4.49. The number of aromatic nitrogens is 2. The summed E-state index contributed by atoms with van der Waals surface area (Å²) in [4.78, 5) is 47.3. The first-order valence-corrected chi connectivity index (χ1v) is 6.32. The molecule has 7 nitrogen and oxygen atoms in total. The van der Waals surface area contributed by atoms with Crippen LogP contribution in [0.1, 0.15) is 32.8 Å². The number of aryl methyl sites for hydroxylation is 1. The number of H-pyrrole nitrogens is 1. The topological polar surface area (TPSA) is 92.4 Å². The number of hydroxylamine groups is 2. The van der Waals surface area contributed by atoms with Crippen LogP contribution >= 0.6 is 0 Å². The van der Waals surface area contributed by atoms with Gasteiger partial charge in [0.1, 0.15) is 0 Å². The first kappa shape index (κ1) is 13.0. The van der Waals surface area contributed by atoms with Crippen LogP contribution in [0.25, 0.3) is 0 Å². The van der Waals surface area contributed by atoms with Crippen molar-refractivity contribution < 1.29 is 19.2 Å². The Morgan fingerprint density at radius 2 is 1.86 bits per heavy atom. The highest BCUT2D eigenvalue weighted by atomic mass is 16.7. The van der Waals surface area contributed by atoms with Gasteiger partial charge in [-0.15, -0.1) is 0 Å². The van der Waals surface area contributed by atoms with Crippen LogP contribution in [0.3, 0.4) is 0 Å². The molecule has 1 N–H and O–H groups in total. The van der Waals surface area contributed by atoms with Gasteiger partial charge in [-0.2, -0.15) is 0 Å². The summed E-state index contributed by atoms with van der Waals surface area (Å²) >= 11 is 0. The Balaban J connectivity index is 1.65. The first-order valence-electron chi connectivity index (χ1n) is 6.32. The van der Waals surface area contributed by atoms with Crippen LogP contribution in [0.2, 0.25) is 0 Å². The van der Waals surface area contributed by atoms with E-state index in [0.29, 0.717) is 11.5 Å². The zero-order valence-electron chi connectivity index (χ0n) is 10.9. The molecule has 3 rings (SSSR count). The lowest BCUT2D eigenvalue weighted by Gasteiger charge is -2.12. The van der Waals surface area contributed by atoms with Crippen molar-refractivity contribution in [1.82, 2.24) is 15.0 Å². The molecule has 0 saturated carbocycles. The fraction of sp³-hybridized carbons (Fsp3) is 0.143. The fourth-order valence-corrected chi connectivity index (χ4v) is 2.06. The highest BCUT2D eigenvalue weighted by molar-refractivity contribution is 6.20. The van der Waals surface area contributed by atoms with Crippen LogP contribution in [-0.4, -0.2) is 32.8 Å². The largest absolute Gasteiger partial charge is 0.348 e. The molecule has 106 valence electrons. The minimum Gasteiger partial charge on any atom is -0.348 e. The van der Waals surface area contributed by atoms with Crippen molar-refractivity contribution in [1.29, 1.82) is 0 Å². The molecule has 0 aliphatic carbocycles. The highest BCUT2D eigenvalue weighted by Gasteiger charge is 2.38. The van der Waals surface area contributed by atoms with E-state index >= 15 is 0 Å². The summed E-state index contributed by atoms with van der Waals surface area (Å²) in [5, 5.41) is 0.514. The highest BCUT2D eigenvalue weighted by Crippen LogP contribution is 2.22. The van der Waals surface area contributed by atoms with Gasteiger partial charge in [-0.3, -0.25) is 9.59 Å². The summed E-state index contributed by atoms with van der Waals surface area (Å²) < 4.78 is 0. The molecule has 21 heavy (non-hydrogen) atoms. The second kappa shape index (κ2) is 5.20. The number of hydrogen-bond donors (Lipinski definition) is 1. The smallest absolute Gasteiger partial charge is 0.333 e. The fourth-order valence-electron chi connectivity index (χ4n) is 2.06. The van der Waals surface area contributed by atoms with Gasteiger partial charge < -0.3 is 9.82 Å². The molecule has 7 heteroatoms. The van der Waals surface area contributed by atoms with Crippen molar-refractivity contribution >= 4 is 17.8 Å². The summed E-state index contributed by atoms with van der Waals surface area (Å²) in [5.74, 6) is -1.89. The number of rotatable bonds is 4. The van der Waals surface area contributed by atoms with E-state index in [-0.39, 0.29) is 17.5 Å². The number of aromatic amines is 1. The molecular weight excluding hydrogens is 274 g/mol. The average Bonchev–Trinajstić information content (AvgIpc) is 3.09. The van der Waals surface area contributed by atoms with Crippen molar-refractivity contribution in [2.75, 3.05) is 0 Å². The summed E-state index contributed by atoms with van der Waals surface area (Å²) in [6.45, 7) is 0. The van der Waals surface area contributed by atoms with Gasteiger partial charge in [0.2, 0.25) is 0 Å². The SMILES string of the molecule is O=C(CCc1cnc[nH]1)ON1C(=O)c2ccccc2C1=O. The number of nitrogens with one attached hydrogen (secondary N) is 1. The maximum Gasteiger partial charge on any atom is 0.333 e. The van der Waals surface area contributed by atoms with Gasteiger partial charge in [0.25, 0.3) is 11.8 Å². The summed E-state index contributed by atoms with van der Waals surface area (Å²) in [7, 11) is 0. The van der Waals surface area contributed by atoms with Crippen LogP contribution in [-0.2, 0) is 16.1 Å². The number of imidazole rings is 1. The Hall–Kier alpha value is -2.96. The van der Waals surface area contributed by atoms with Gasteiger partial charge in [-0.05, 0) is 18.6 Å². The van der Waals surface area contributed by atoms with E-state index in [4.69, 9.17) is 4.84 Å². The number of carbonyl (C=O) groups is 3. The molecule has 0 bridgehead atoms. The third-order valence-electron chi connectivity index (χ3n) is 3.10. The second-order valence-electron chi connectivity index (χ2n) is 4.49. The van der Waals surface area contributed by atoms with Crippen LogP contribution in [0.4, 0.5) is 0 Å². The molecule has 1 aliphatic heterocycles. The van der Waals surface area contributed by atoms with Crippen LogP contribution < -0.4 is 0 Å². The van der Waals surface area contributed by atoms with Gasteiger partial charge in [0.15, 0.2) is 0 Å². The molecule has 2 heterocycles. The summed E-state index contributed by atoms with van der Waals surface area (Å²) in [6, 6.07) is 6.34. The Bertz CT molecular complexity index is 674. The Labute approximate surface area is 119 Å². The van der Waals surface area contributed by atoms with E-state index in [2.05, 4.69) is 9.97 Å². The van der Waals surface area contributed by atoms with Gasteiger partial charge in [-0.25, -0.2) is 9.78 Å². The average molecular weight is 285 g/mol. The predicted octanol–water partition coefficient (Wildman–Crippen LogP) is 1.10. The lowest BCUT2D eigenvalue weighted by molar-refractivity contribution is -0.168. The van der Waals surface area contributed by atoms with Gasteiger partial charge in [-0.1, -0.05) is 17.2 Å². The molecule has 0 radical (unpaired) electrons. The molecule has 1 aromatic heterocycles. The molecule has 1 aromatic carbocycles. The van der Waals surface area contributed by atoms with Gasteiger partial charge >= 0.3 is 5.97 Å². The van der Waals surface area contributed by atoms with Crippen LogP contribution in [0.15, 0.2) is 36.8 Å². The van der Waals surface area contributed by atoms with E-state index in [1.54, 1.807) is 18.3 Å². The van der Waals surface area contributed by atoms with Gasteiger partial charge in [0, 0.05) is 11.9 Å². The van der Waals surface area contributed by atoms with Crippen molar-refractivity contribution in [3.05, 3.63) is 53.6 Å². The number of nitrogens with zero attached hydrogens (tertiary/aromatic N) is 2. The van der Waals surface area contributed by atoms with Crippen LogP contribution in [0, 0.1) is 0 Å². The molecule has 0 fully saturated rings.